The number of aryl methyl sites for hydroxylation is 1. The minimum atomic E-state index is 0.0616. The number of amides is 1. The molecule has 3 nitrogen and oxygen atoms in total. The Morgan fingerprint density at radius 1 is 1.53 bits per heavy atom. The van der Waals surface area contributed by atoms with E-state index in [-0.39, 0.29) is 5.91 Å². The molecule has 17 heavy (non-hydrogen) atoms. The van der Waals surface area contributed by atoms with Crippen molar-refractivity contribution in [2.24, 2.45) is 11.7 Å². The van der Waals surface area contributed by atoms with Crippen LogP contribution in [0.1, 0.15) is 22.3 Å². The van der Waals surface area contributed by atoms with Crippen LogP contribution in [-0.2, 0) is 0 Å². The van der Waals surface area contributed by atoms with Gasteiger partial charge in [-0.15, -0.1) is 0 Å². The average molecular weight is 253 g/mol. The van der Waals surface area contributed by atoms with Gasteiger partial charge in [0.15, 0.2) is 0 Å². The van der Waals surface area contributed by atoms with Crippen molar-refractivity contribution in [3.8, 4) is 0 Å². The first-order valence-electron chi connectivity index (χ1n) is 5.86. The van der Waals surface area contributed by atoms with Gasteiger partial charge in [0.25, 0.3) is 5.91 Å². The Morgan fingerprint density at radius 3 is 2.88 bits per heavy atom. The Labute approximate surface area is 107 Å². The van der Waals surface area contributed by atoms with E-state index >= 15 is 0 Å². The SMILES string of the molecule is Cc1cc(Cl)cc(C(=O)N2CCC(CN)C2)c1. The van der Waals surface area contributed by atoms with Crippen LogP contribution >= 0.6 is 11.6 Å². The lowest BCUT2D eigenvalue weighted by atomic mass is 10.1. The van der Waals surface area contributed by atoms with Gasteiger partial charge in [0.2, 0.25) is 0 Å². The number of carbonyl (C=O) groups is 1. The van der Waals surface area contributed by atoms with Gasteiger partial charge in [-0.1, -0.05) is 11.6 Å². The van der Waals surface area contributed by atoms with E-state index < -0.39 is 0 Å². The molecule has 1 aromatic carbocycles. The second-order valence-corrected chi connectivity index (χ2v) is 5.10. The van der Waals surface area contributed by atoms with Crippen molar-refractivity contribution in [1.29, 1.82) is 0 Å². The third-order valence-electron chi connectivity index (χ3n) is 3.20. The van der Waals surface area contributed by atoms with Crippen LogP contribution in [0.25, 0.3) is 0 Å². The fourth-order valence-corrected chi connectivity index (χ4v) is 2.54. The maximum Gasteiger partial charge on any atom is 0.253 e. The van der Waals surface area contributed by atoms with Crippen molar-refractivity contribution >= 4 is 17.5 Å². The molecule has 2 N–H and O–H groups in total. The molecule has 4 heteroatoms. The van der Waals surface area contributed by atoms with Crippen molar-refractivity contribution in [3.05, 3.63) is 34.3 Å². The molecule has 1 atom stereocenters. The van der Waals surface area contributed by atoms with Crippen LogP contribution in [0.15, 0.2) is 18.2 Å². The van der Waals surface area contributed by atoms with Crippen LogP contribution in [-0.4, -0.2) is 30.4 Å². The lowest BCUT2D eigenvalue weighted by Gasteiger charge is -2.16. The number of nitrogens with two attached hydrogens (primary N) is 1. The number of benzene rings is 1. The third-order valence-corrected chi connectivity index (χ3v) is 3.41. The standard InChI is InChI=1S/C13H17ClN2O/c1-9-4-11(6-12(14)5-9)13(17)16-3-2-10(7-15)8-16/h4-6,10H,2-3,7-8,15H2,1H3. The molecule has 0 aromatic heterocycles. The van der Waals surface area contributed by atoms with Gasteiger partial charge >= 0.3 is 0 Å². The zero-order chi connectivity index (χ0) is 12.4. The highest BCUT2D eigenvalue weighted by molar-refractivity contribution is 6.31. The largest absolute Gasteiger partial charge is 0.338 e. The highest BCUT2D eigenvalue weighted by Gasteiger charge is 2.26. The highest BCUT2D eigenvalue weighted by atomic mass is 35.5. The first-order valence-corrected chi connectivity index (χ1v) is 6.24. The fourth-order valence-electron chi connectivity index (χ4n) is 2.25. The van der Waals surface area contributed by atoms with Crippen LogP contribution in [0, 0.1) is 12.8 Å². The molecule has 0 aliphatic carbocycles. The van der Waals surface area contributed by atoms with Crippen LogP contribution in [0.5, 0.6) is 0 Å². The van der Waals surface area contributed by atoms with Gasteiger partial charge in [0.1, 0.15) is 0 Å². The van der Waals surface area contributed by atoms with Crippen LogP contribution in [0.2, 0.25) is 5.02 Å². The van der Waals surface area contributed by atoms with Gasteiger partial charge in [-0.2, -0.15) is 0 Å². The zero-order valence-electron chi connectivity index (χ0n) is 9.95. The Kier molecular flexibility index (Phi) is 3.69. The van der Waals surface area contributed by atoms with E-state index in [2.05, 4.69) is 0 Å². The smallest absolute Gasteiger partial charge is 0.253 e. The number of hydrogen-bond acceptors (Lipinski definition) is 2. The monoisotopic (exact) mass is 252 g/mol. The lowest BCUT2D eigenvalue weighted by Crippen LogP contribution is -2.29. The minimum absolute atomic E-state index is 0.0616. The predicted octanol–water partition coefficient (Wildman–Crippen LogP) is 2.07. The van der Waals surface area contributed by atoms with E-state index in [4.69, 9.17) is 17.3 Å². The molecule has 1 heterocycles. The molecule has 1 aliphatic heterocycles. The Balaban J connectivity index is 2.14. The van der Waals surface area contributed by atoms with Gasteiger partial charge in [0.05, 0.1) is 0 Å². The number of rotatable bonds is 2. The van der Waals surface area contributed by atoms with Crippen molar-refractivity contribution < 1.29 is 4.79 Å². The molecule has 1 amide bonds. The second-order valence-electron chi connectivity index (χ2n) is 4.66. The van der Waals surface area contributed by atoms with Crippen LogP contribution in [0.3, 0.4) is 0 Å². The molecule has 0 saturated carbocycles. The summed E-state index contributed by atoms with van der Waals surface area (Å²) in [6.45, 7) is 4.15. The van der Waals surface area contributed by atoms with Gasteiger partial charge in [0, 0.05) is 23.7 Å². The quantitative estimate of drug-likeness (QED) is 0.876. The van der Waals surface area contributed by atoms with Gasteiger partial charge in [-0.25, -0.2) is 0 Å². The van der Waals surface area contributed by atoms with E-state index in [1.807, 2.05) is 24.0 Å². The first kappa shape index (κ1) is 12.4. The van der Waals surface area contributed by atoms with E-state index in [9.17, 15) is 4.79 Å². The maximum atomic E-state index is 12.2. The number of halogens is 1. The molecule has 2 rings (SSSR count). The molecule has 1 unspecified atom stereocenters. The summed E-state index contributed by atoms with van der Waals surface area (Å²) in [5.74, 6) is 0.505. The van der Waals surface area contributed by atoms with E-state index in [1.165, 1.54) is 0 Å². The topological polar surface area (TPSA) is 46.3 Å². The molecule has 0 bridgehead atoms. The summed E-state index contributed by atoms with van der Waals surface area (Å²) in [5.41, 5.74) is 7.31. The summed E-state index contributed by atoms with van der Waals surface area (Å²) in [6, 6.07) is 5.46. The molecule has 1 aliphatic rings. The normalized spacial score (nSPS) is 19.7. The van der Waals surface area contributed by atoms with Gasteiger partial charge < -0.3 is 10.6 Å². The van der Waals surface area contributed by atoms with E-state index in [0.29, 0.717) is 23.0 Å². The van der Waals surface area contributed by atoms with Crippen LogP contribution < -0.4 is 5.73 Å². The van der Waals surface area contributed by atoms with Crippen molar-refractivity contribution in [2.75, 3.05) is 19.6 Å². The molecular formula is C13H17ClN2O. The average Bonchev–Trinajstić information content (AvgIpc) is 2.75. The summed E-state index contributed by atoms with van der Waals surface area (Å²) in [4.78, 5) is 14.1. The maximum absolute atomic E-state index is 12.2. The predicted molar refractivity (Wildman–Crippen MR) is 69.3 cm³/mol. The summed E-state index contributed by atoms with van der Waals surface area (Å²) in [5, 5.41) is 0.614. The molecular weight excluding hydrogens is 236 g/mol. The molecule has 0 radical (unpaired) electrons. The third kappa shape index (κ3) is 2.79. The number of carbonyl (C=O) groups excluding carboxylic acids is 1. The van der Waals surface area contributed by atoms with E-state index in [0.717, 1.165) is 25.1 Å². The highest BCUT2D eigenvalue weighted by Crippen LogP contribution is 2.20. The van der Waals surface area contributed by atoms with Gasteiger partial charge in [-0.3, -0.25) is 4.79 Å². The fraction of sp³-hybridized carbons (Fsp3) is 0.462. The zero-order valence-corrected chi connectivity index (χ0v) is 10.7. The van der Waals surface area contributed by atoms with Crippen LogP contribution in [0.4, 0.5) is 0 Å². The summed E-state index contributed by atoms with van der Waals surface area (Å²) in [6.07, 6.45) is 1.00. The molecule has 1 fully saturated rings. The molecule has 1 aromatic rings. The van der Waals surface area contributed by atoms with Crippen molar-refractivity contribution in [2.45, 2.75) is 13.3 Å². The second kappa shape index (κ2) is 5.07. The molecule has 92 valence electrons. The molecule has 1 saturated heterocycles. The number of hydrogen-bond donors (Lipinski definition) is 1. The Bertz CT molecular complexity index is 413. The first-order chi connectivity index (χ1) is 8.10. The minimum Gasteiger partial charge on any atom is -0.338 e. The summed E-state index contributed by atoms with van der Waals surface area (Å²) in [7, 11) is 0. The van der Waals surface area contributed by atoms with Crippen molar-refractivity contribution in [1.82, 2.24) is 4.90 Å². The summed E-state index contributed by atoms with van der Waals surface area (Å²) < 4.78 is 0. The summed E-state index contributed by atoms with van der Waals surface area (Å²) >= 11 is 5.97. The lowest BCUT2D eigenvalue weighted by molar-refractivity contribution is 0.0787. The molecule has 0 spiro atoms. The van der Waals surface area contributed by atoms with Gasteiger partial charge in [-0.05, 0) is 49.6 Å². The Morgan fingerprint density at radius 2 is 2.29 bits per heavy atom. The Hall–Kier alpha value is -1.06. The number of nitrogens with zero attached hydrogens (tertiary/aromatic N) is 1. The van der Waals surface area contributed by atoms with E-state index in [1.54, 1.807) is 6.07 Å². The van der Waals surface area contributed by atoms with Crippen molar-refractivity contribution in [3.63, 3.8) is 0 Å². The number of likely N-dealkylation sites (tertiary alicyclic amines) is 1.